The van der Waals surface area contributed by atoms with E-state index in [-0.39, 0.29) is 34.1 Å². The number of nitrogens with zero attached hydrogens (tertiary/aromatic N) is 1. The number of amides is 3. The summed E-state index contributed by atoms with van der Waals surface area (Å²) in [5.41, 5.74) is -0.0644. The molecular weight excluding hydrogens is 565 g/mol. The van der Waals surface area contributed by atoms with Crippen molar-refractivity contribution in [3.8, 4) is 5.75 Å². The predicted molar refractivity (Wildman–Crippen MR) is 141 cm³/mol. The Labute approximate surface area is 233 Å². The quantitative estimate of drug-likeness (QED) is 0.364. The minimum Gasteiger partial charge on any atom is -0.480 e. The number of anilines is 1. The van der Waals surface area contributed by atoms with E-state index < -0.39 is 58.1 Å². The first kappa shape index (κ1) is 29.7. The van der Waals surface area contributed by atoms with E-state index in [1.54, 1.807) is 0 Å². The molecular formula is C28H25F3N2O7S. The van der Waals surface area contributed by atoms with Crippen molar-refractivity contribution in [1.82, 2.24) is 5.32 Å². The lowest BCUT2D eigenvalue weighted by atomic mass is 10.1. The third kappa shape index (κ3) is 6.57. The van der Waals surface area contributed by atoms with Gasteiger partial charge in [-0.1, -0.05) is 19.1 Å². The van der Waals surface area contributed by atoms with Crippen LogP contribution in [-0.4, -0.2) is 49.7 Å². The molecule has 1 heterocycles. The summed E-state index contributed by atoms with van der Waals surface area (Å²) in [6.07, 6.45) is -6.08. The minimum absolute atomic E-state index is 0.00177. The monoisotopic (exact) mass is 590 g/mol. The van der Waals surface area contributed by atoms with Gasteiger partial charge < -0.3 is 15.2 Å². The molecule has 9 nitrogen and oxygen atoms in total. The summed E-state index contributed by atoms with van der Waals surface area (Å²) in [6, 6.07) is 14.2. The maximum atomic E-state index is 12.9. The molecule has 216 valence electrons. The van der Waals surface area contributed by atoms with Crippen LogP contribution in [0.4, 0.5) is 18.9 Å². The van der Waals surface area contributed by atoms with Crippen molar-refractivity contribution < 1.29 is 45.8 Å². The van der Waals surface area contributed by atoms with Crippen molar-refractivity contribution in [1.29, 1.82) is 0 Å². The Bertz CT molecular complexity index is 1540. The average Bonchev–Trinajstić information content (AvgIpc) is 3.23. The lowest BCUT2D eigenvalue weighted by Crippen LogP contribution is -2.34. The molecule has 13 heteroatoms. The number of aliphatic hydroxyl groups excluding tert-OH is 1. The van der Waals surface area contributed by atoms with Crippen LogP contribution in [0.1, 0.15) is 40.9 Å². The Balaban J connectivity index is 1.41. The van der Waals surface area contributed by atoms with Crippen LogP contribution >= 0.6 is 0 Å². The minimum atomic E-state index is -4.53. The molecule has 1 aliphatic heterocycles. The van der Waals surface area contributed by atoms with Crippen LogP contribution in [0.3, 0.4) is 0 Å². The van der Waals surface area contributed by atoms with Gasteiger partial charge in [-0.05, 0) is 66.2 Å². The number of hydrogen-bond donors (Lipinski definition) is 2. The van der Waals surface area contributed by atoms with Crippen LogP contribution in [0.25, 0.3) is 0 Å². The van der Waals surface area contributed by atoms with Crippen molar-refractivity contribution in [2.45, 2.75) is 36.6 Å². The number of aliphatic hydroxyl groups is 1. The predicted octanol–water partition coefficient (Wildman–Crippen LogP) is 3.67. The smallest absolute Gasteiger partial charge is 0.416 e. The summed E-state index contributed by atoms with van der Waals surface area (Å²) in [6.45, 7) is 1.07. The Hall–Kier alpha value is -4.23. The molecule has 2 atom stereocenters. The summed E-state index contributed by atoms with van der Waals surface area (Å²) < 4.78 is 67.8. The molecule has 3 amide bonds. The molecule has 2 N–H and O–H groups in total. The summed E-state index contributed by atoms with van der Waals surface area (Å²) in [5, 5.41) is 12.4. The summed E-state index contributed by atoms with van der Waals surface area (Å²) in [5.74, 6) is -1.93. The fraction of sp³-hybridized carbons (Fsp3) is 0.250. The first-order valence-corrected chi connectivity index (χ1v) is 14.0. The van der Waals surface area contributed by atoms with E-state index in [2.05, 4.69) is 5.32 Å². The fourth-order valence-corrected chi connectivity index (χ4v) is 5.05. The van der Waals surface area contributed by atoms with Crippen LogP contribution in [0.15, 0.2) is 77.7 Å². The lowest BCUT2D eigenvalue weighted by Gasteiger charge is -2.18. The highest BCUT2D eigenvalue weighted by Crippen LogP contribution is 2.31. The van der Waals surface area contributed by atoms with E-state index in [9.17, 15) is 41.1 Å². The van der Waals surface area contributed by atoms with Crippen LogP contribution in [0.5, 0.6) is 5.75 Å². The molecule has 0 spiro atoms. The van der Waals surface area contributed by atoms with Crippen molar-refractivity contribution in [2.24, 2.45) is 0 Å². The molecule has 1 fully saturated rings. The number of rotatable bonds is 9. The number of benzene rings is 3. The Kier molecular flexibility index (Phi) is 8.50. The highest BCUT2D eigenvalue weighted by atomic mass is 32.2. The number of nitrogens with one attached hydrogen (secondary N) is 1. The molecule has 41 heavy (non-hydrogen) atoms. The zero-order valence-electron chi connectivity index (χ0n) is 21.6. The van der Waals surface area contributed by atoms with Gasteiger partial charge in [-0.2, -0.15) is 13.2 Å². The van der Waals surface area contributed by atoms with Crippen molar-refractivity contribution in [3.63, 3.8) is 0 Å². The summed E-state index contributed by atoms with van der Waals surface area (Å²) in [7, 11) is -3.41. The van der Waals surface area contributed by atoms with Gasteiger partial charge in [0.05, 0.1) is 41.0 Å². The molecule has 0 bridgehead atoms. The Morgan fingerprint density at radius 3 is 2.17 bits per heavy atom. The molecule has 0 aliphatic carbocycles. The number of sulfone groups is 1. The number of imide groups is 1. The summed E-state index contributed by atoms with van der Waals surface area (Å²) in [4.78, 5) is 39.2. The molecule has 0 radical (unpaired) electrons. The molecule has 1 saturated heterocycles. The van der Waals surface area contributed by atoms with E-state index in [0.717, 1.165) is 29.2 Å². The van der Waals surface area contributed by atoms with Gasteiger partial charge in [0.1, 0.15) is 5.75 Å². The van der Waals surface area contributed by atoms with Crippen molar-refractivity contribution in [2.75, 3.05) is 17.3 Å². The molecule has 4 rings (SSSR count). The first-order valence-electron chi connectivity index (χ1n) is 12.4. The molecule has 1 unspecified atom stereocenters. The van der Waals surface area contributed by atoms with Crippen molar-refractivity contribution in [3.05, 3.63) is 89.5 Å². The molecule has 0 saturated carbocycles. The largest absolute Gasteiger partial charge is 0.480 e. The van der Waals surface area contributed by atoms with Gasteiger partial charge in [-0.3, -0.25) is 14.4 Å². The fourth-order valence-electron chi connectivity index (χ4n) is 4.17. The highest BCUT2D eigenvalue weighted by molar-refractivity contribution is 7.91. The van der Waals surface area contributed by atoms with Gasteiger partial charge in [0.25, 0.3) is 11.8 Å². The van der Waals surface area contributed by atoms with Gasteiger partial charge >= 0.3 is 6.18 Å². The number of carbonyl (C=O) groups is 3. The average molecular weight is 591 g/mol. The standard InChI is InChI=1S/C28H25F3N2O7S/c1-2-41(38,39)22-13-5-17(6-14-22)23(16-34)32-26(36)18-3-9-20(10-4-18)33-25(35)15-24(27(33)37)40-21-11-7-19(8-12-21)28(29,30)31/h3-14,23-24,34H,2,15-16H2,1H3,(H,32,36)/t23-,24?/m0/s1. The second-order valence-corrected chi connectivity index (χ2v) is 11.4. The Morgan fingerprint density at radius 1 is 1.02 bits per heavy atom. The number of hydrogen-bond acceptors (Lipinski definition) is 7. The lowest BCUT2D eigenvalue weighted by molar-refractivity contribution is -0.137. The molecule has 3 aromatic rings. The van der Waals surface area contributed by atoms with E-state index in [4.69, 9.17) is 4.74 Å². The van der Waals surface area contributed by atoms with E-state index in [1.165, 1.54) is 55.5 Å². The maximum Gasteiger partial charge on any atom is 0.416 e. The topological polar surface area (TPSA) is 130 Å². The number of ether oxygens (including phenoxy) is 1. The molecule has 3 aromatic carbocycles. The van der Waals surface area contributed by atoms with Gasteiger partial charge in [-0.15, -0.1) is 0 Å². The SMILES string of the molecule is CCS(=O)(=O)c1ccc([C@H](CO)NC(=O)c2ccc(N3C(=O)CC(Oc4ccc(C(F)(F)F)cc4)C3=O)cc2)cc1. The van der Waals surface area contributed by atoms with E-state index in [1.807, 2.05) is 0 Å². The molecule has 0 aromatic heterocycles. The maximum absolute atomic E-state index is 12.9. The van der Waals surface area contributed by atoms with Gasteiger partial charge in [0.2, 0.25) is 5.91 Å². The van der Waals surface area contributed by atoms with Crippen LogP contribution in [-0.2, 0) is 25.6 Å². The second-order valence-electron chi connectivity index (χ2n) is 9.13. The third-order valence-corrected chi connectivity index (χ3v) is 8.21. The zero-order valence-corrected chi connectivity index (χ0v) is 22.4. The van der Waals surface area contributed by atoms with Gasteiger partial charge in [-0.25, -0.2) is 13.3 Å². The van der Waals surface area contributed by atoms with Crippen LogP contribution < -0.4 is 15.0 Å². The van der Waals surface area contributed by atoms with Gasteiger partial charge in [0.15, 0.2) is 15.9 Å². The number of halogens is 3. The Morgan fingerprint density at radius 2 is 1.63 bits per heavy atom. The van der Waals surface area contributed by atoms with Crippen LogP contribution in [0, 0.1) is 0 Å². The van der Waals surface area contributed by atoms with E-state index >= 15 is 0 Å². The van der Waals surface area contributed by atoms with Crippen molar-refractivity contribution >= 4 is 33.2 Å². The number of carbonyl (C=O) groups excluding carboxylic acids is 3. The summed E-state index contributed by atoms with van der Waals surface area (Å²) >= 11 is 0. The van der Waals surface area contributed by atoms with E-state index in [0.29, 0.717) is 5.56 Å². The second kappa shape index (κ2) is 11.7. The van der Waals surface area contributed by atoms with Gasteiger partial charge in [0, 0.05) is 5.56 Å². The normalized spacial score (nSPS) is 16.5. The third-order valence-electron chi connectivity index (χ3n) is 6.46. The number of alkyl halides is 3. The first-order chi connectivity index (χ1) is 19.3. The highest BCUT2D eigenvalue weighted by Gasteiger charge is 2.41. The van der Waals surface area contributed by atoms with Crippen LogP contribution in [0.2, 0.25) is 0 Å². The zero-order chi connectivity index (χ0) is 29.9. The molecule has 1 aliphatic rings.